The highest BCUT2D eigenvalue weighted by atomic mass is 16.5. The number of methoxy groups -OCH3 is 2. The van der Waals surface area contributed by atoms with E-state index in [1.807, 2.05) is 49.4 Å². The van der Waals surface area contributed by atoms with Crippen LogP contribution in [0.3, 0.4) is 0 Å². The zero-order chi connectivity index (χ0) is 21.8. The maximum atomic E-state index is 12.8. The van der Waals surface area contributed by atoms with E-state index in [0.29, 0.717) is 18.0 Å². The van der Waals surface area contributed by atoms with Crippen LogP contribution < -0.4 is 14.8 Å². The summed E-state index contributed by atoms with van der Waals surface area (Å²) in [7, 11) is 3.21. The molecular weight excluding hydrogens is 394 g/mol. The van der Waals surface area contributed by atoms with Crippen molar-refractivity contribution in [2.24, 2.45) is 0 Å². The Morgan fingerprint density at radius 2 is 2.03 bits per heavy atom. The number of amides is 1. The molecule has 4 rings (SSSR count). The number of nitrogens with zero attached hydrogens (tertiary/aromatic N) is 2. The Balaban J connectivity index is 1.37. The van der Waals surface area contributed by atoms with Gasteiger partial charge in [0.25, 0.3) is 0 Å². The molecule has 2 unspecified atom stereocenters. The Labute approximate surface area is 182 Å². The zero-order valence-corrected chi connectivity index (χ0v) is 18.3. The molecule has 31 heavy (non-hydrogen) atoms. The molecule has 0 saturated carbocycles. The first-order valence-corrected chi connectivity index (χ1v) is 10.7. The lowest BCUT2D eigenvalue weighted by Gasteiger charge is -2.34. The van der Waals surface area contributed by atoms with Gasteiger partial charge in [-0.1, -0.05) is 18.2 Å². The topological polar surface area (TPSA) is 76.8 Å². The standard InChI is InChI=1S/C24H29N3O4/c1-16(23(28)25-14-17-10-11-21(29-2)22(13-17)30-3)27-12-6-7-18(15-27)24-26-19-8-4-5-9-20(19)31-24/h4-5,8-11,13,16,18H,6-7,12,14-15H2,1-3H3,(H,25,28). The minimum absolute atomic E-state index is 0.00741. The van der Waals surface area contributed by atoms with Gasteiger partial charge in [-0.05, 0) is 56.1 Å². The molecule has 0 radical (unpaired) electrons. The number of carbonyl (C=O) groups is 1. The third-order valence-electron chi connectivity index (χ3n) is 5.95. The second-order valence-corrected chi connectivity index (χ2v) is 7.94. The van der Waals surface area contributed by atoms with Crippen LogP contribution in [0.5, 0.6) is 11.5 Å². The number of nitrogens with one attached hydrogen (secondary N) is 1. The molecule has 1 saturated heterocycles. The third kappa shape index (κ3) is 4.66. The molecule has 3 aromatic rings. The second-order valence-electron chi connectivity index (χ2n) is 7.94. The molecule has 0 bridgehead atoms. The number of fused-ring (bicyclic) bond motifs is 1. The van der Waals surface area contributed by atoms with Gasteiger partial charge in [-0.3, -0.25) is 9.69 Å². The summed E-state index contributed by atoms with van der Waals surface area (Å²) in [5, 5.41) is 3.04. The number of hydrogen-bond donors (Lipinski definition) is 1. The lowest BCUT2D eigenvalue weighted by molar-refractivity contribution is -0.126. The van der Waals surface area contributed by atoms with E-state index in [4.69, 9.17) is 13.9 Å². The highest BCUT2D eigenvalue weighted by molar-refractivity contribution is 5.81. The number of aromatic nitrogens is 1. The minimum Gasteiger partial charge on any atom is -0.493 e. The van der Waals surface area contributed by atoms with Crippen molar-refractivity contribution in [3.8, 4) is 11.5 Å². The maximum Gasteiger partial charge on any atom is 0.237 e. The number of para-hydroxylation sites is 2. The van der Waals surface area contributed by atoms with Gasteiger partial charge in [-0.15, -0.1) is 0 Å². The average Bonchev–Trinajstić information content (AvgIpc) is 3.26. The van der Waals surface area contributed by atoms with E-state index < -0.39 is 0 Å². The first-order valence-electron chi connectivity index (χ1n) is 10.7. The fourth-order valence-corrected chi connectivity index (χ4v) is 4.12. The van der Waals surface area contributed by atoms with Crippen LogP contribution in [0.1, 0.15) is 37.1 Å². The highest BCUT2D eigenvalue weighted by Gasteiger charge is 2.30. The predicted molar refractivity (Wildman–Crippen MR) is 118 cm³/mol. The number of likely N-dealkylation sites (tertiary alicyclic amines) is 1. The van der Waals surface area contributed by atoms with Gasteiger partial charge in [0.05, 0.1) is 20.3 Å². The van der Waals surface area contributed by atoms with Gasteiger partial charge < -0.3 is 19.2 Å². The average molecular weight is 424 g/mol. The summed E-state index contributed by atoms with van der Waals surface area (Å²) in [5.41, 5.74) is 2.66. The van der Waals surface area contributed by atoms with Gasteiger partial charge in [0, 0.05) is 19.0 Å². The van der Waals surface area contributed by atoms with Crippen LogP contribution >= 0.6 is 0 Å². The number of benzene rings is 2. The molecule has 1 aromatic heterocycles. The summed E-state index contributed by atoms with van der Waals surface area (Å²) < 4.78 is 16.6. The molecule has 0 aliphatic carbocycles. The Hall–Kier alpha value is -3.06. The van der Waals surface area contributed by atoms with Gasteiger partial charge in [-0.2, -0.15) is 0 Å². The van der Waals surface area contributed by atoms with Crippen molar-refractivity contribution in [2.45, 2.75) is 38.3 Å². The van der Waals surface area contributed by atoms with Crippen molar-refractivity contribution in [2.75, 3.05) is 27.3 Å². The van der Waals surface area contributed by atoms with E-state index in [-0.39, 0.29) is 17.9 Å². The molecule has 164 valence electrons. The minimum atomic E-state index is -0.229. The number of hydrogen-bond acceptors (Lipinski definition) is 6. The van der Waals surface area contributed by atoms with E-state index in [1.54, 1.807) is 14.2 Å². The molecule has 7 nitrogen and oxygen atoms in total. The van der Waals surface area contributed by atoms with Gasteiger partial charge in [-0.25, -0.2) is 4.98 Å². The van der Waals surface area contributed by atoms with Gasteiger partial charge in [0.15, 0.2) is 23.0 Å². The summed E-state index contributed by atoms with van der Waals surface area (Å²) >= 11 is 0. The predicted octanol–water partition coefficient (Wildman–Crippen LogP) is 3.73. The van der Waals surface area contributed by atoms with Crippen molar-refractivity contribution in [1.82, 2.24) is 15.2 Å². The first kappa shape index (κ1) is 21.2. The van der Waals surface area contributed by atoms with E-state index in [0.717, 1.165) is 48.5 Å². The fraction of sp³-hybridized carbons (Fsp3) is 0.417. The Kier molecular flexibility index (Phi) is 6.42. The Bertz CT molecular complexity index is 1020. The van der Waals surface area contributed by atoms with Gasteiger partial charge in [0.1, 0.15) is 5.52 Å². The number of carbonyl (C=O) groups excluding carboxylic acids is 1. The number of piperidine rings is 1. The third-order valence-corrected chi connectivity index (χ3v) is 5.95. The van der Waals surface area contributed by atoms with Crippen LogP contribution in [0.25, 0.3) is 11.1 Å². The molecule has 2 heterocycles. The van der Waals surface area contributed by atoms with E-state index >= 15 is 0 Å². The Morgan fingerprint density at radius 1 is 1.23 bits per heavy atom. The Morgan fingerprint density at radius 3 is 2.81 bits per heavy atom. The van der Waals surface area contributed by atoms with Gasteiger partial charge in [0.2, 0.25) is 5.91 Å². The monoisotopic (exact) mass is 423 g/mol. The lowest BCUT2D eigenvalue weighted by atomic mass is 9.96. The molecule has 2 atom stereocenters. The molecule has 1 aliphatic rings. The van der Waals surface area contributed by atoms with Crippen molar-refractivity contribution < 1.29 is 18.7 Å². The zero-order valence-electron chi connectivity index (χ0n) is 18.3. The largest absolute Gasteiger partial charge is 0.493 e. The second kappa shape index (κ2) is 9.39. The van der Waals surface area contributed by atoms with E-state index in [1.165, 1.54) is 0 Å². The molecular formula is C24H29N3O4. The van der Waals surface area contributed by atoms with Crippen LogP contribution in [0.2, 0.25) is 0 Å². The van der Waals surface area contributed by atoms with Crippen LogP contribution in [-0.2, 0) is 11.3 Å². The summed E-state index contributed by atoms with van der Waals surface area (Å²) in [5.74, 6) is 2.29. The molecule has 7 heteroatoms. The van der Waals surface area contributed by atoms with Crippen LogP contribution in [0.15, 0.2) is 46.9 Å². The fourth-order valence-electron chi connectivity index (χ4n) is 4.12. The maximum absolute atomic E-state index is 12.8. The summed E-state index contributed by atoms with van der Waals surface area (Å²) in [6, 6.07) is 13.3. The lowest BCUT2D eigenvalue weighted by Crippen LogP contribution is -2.48. The van der Waals surface area contributed by atoms with Gasteiger partial charge >= 0.3 is 0 Å². The quantitative estimate of drug-likeness (QED) is 0.624. The van der Waals surface area contributed by atoms with Crippen molar-refractivity contribution in [1.29, 1.82) is 0 Å². The van der Waals surface area contributed by atoms with E-state index in [9.17, 15) is 4.79 Å². The van der Waals surface area contributed by atoms with Crippen LogP contribution in [0, 0.1) is 0 Å². The molecule has 1 aliphatic heterocycles. The molecule has 0 spiro atoms. The van der Waals surface area contributed by atoms with Crippen molar-refractivity contribution in [3.05, 3.63) is 53.9 Å². The normalized spacial score (nSPS) is 18.0. The molecule has 1 fully saturated rings. The molecule has 1 amide bonds. The smallest absolute Gasteiger partial charge is 0.237 e. The number of ether oxygens (including phenoxy) is 2. The number of rotatable bonds is 7. The van der Waals surface area contributed by atoms with E-state index in [2.05, 4.69) is 15.2 Å². The highest BCUT2D eigenvalue weighted by Crippen LogP contribution is 2.30. The summed E-state index contributed by atoms with van der Waals surface area (Å²) in [6.45, 7) is 4.05. The number of oxazole rings is 1. The first-order chi connectivity index (χ1) is 15.1. The van der Waals surface area contributed by atoms with Crippen LogP contribution in [0.4, 0.5) is 0 Å². The van der Waals surface area contributed by atoms with Crippen LogP contribution in [-0.4, -0.2) is 49.1 Å². The summed E-state index contributed by atoms with van der Waals surface area (Å²) in [4.78, 5) is 19.7. The summed E-state index contributed by atoms with van der Waals surface area (Å²) in [6.07, 6.45) is 2.03. The molecule has 2 aromatic carbocycles. The van der Waals surface area contributed by atoms with Crippen molar-refractivity contribution >= 4 is 17.0 Å². The molecule has 1 N–H and O–H groups in total. The SMILES string of the molecule is COc1ccc(CNC(=O)C(C)N2CCCC(c3nc4ccccc4o3)C2)cc1OC. The van der Waals surface area contributed by atoms with Crippen molar-refractivity contribution in [3.63, 3.8) is 0 Å².